The Labute approximate surface area is 332 Å². The molecule has 0 atom stereocenters. The van der Waals surface area contributed by atoms with Crippen LogP contribution in [0.4, 0.5) is 0 Å². The van der Waals surface area contributed by atoms with Gasteiger partial charge in [0.05, 0.1) is 23.4 Å². The monoisotopic (exact) mass is 711 g/mol. The second-order valence-electron chi connectivity index (χ2n) is 13.0. The molecule has 0 spiro atoms. The van der Waals surface area contributed by atoms with Crippen molar-refractivity contribution in [2.75, 3.05) is 0 Å². The van der Waals surface area contributed by atoms with Crippen LogP contribution in [0.1, 0.15) is 12.3 Å². The van der Waals surface area contributed by atoms with Gasteiger partial charge < -0.3 is 4.57 Å². The Kier molecular flexibility index (Phi) is 6.04. The Morgan fingerprint density at radius 3 is 1.51 bits per heavy atom. The average molecular weight is 712 g/mol. The first-order chi connectivity index (χ1) is 31.0. The van der Waals surface area contributed by atoms with E-state index in [0.29, 0.717) is 34.1 Å². The summed E-state index contributed by atoms with van der Waals surface area (Å²) < 4.78 is 79.8. The van der Waals surface area contributed by atoms with Crippen molar-refractivity contribution in [1.82, 2.24) is 19.5 Å². The SMILES string of the molecule is [2H]c1c([2H])c([2H])c(-c2cccc3c4c([2H])c([2H])c([2H])c([2H])c4n(-c4cccc(-c5ccc(-c6nc(-c7ccccc7)nc(-c7ccc(-c8ccccc8)cc7)n6)cc5)c4)c23)c([2H])c1[2H]. The first-order valence-electron chi connectivity index (χ1n) is 22.3. The van der Waals surface area contributed by atoms with Gasteiger partial charge in [-0.3, -0.25) is 0 Å². The van der Waals surface area contributed by atoms with E-state index < -0.39 is 42.3 Å². The normalized spacial score (nSPS) is 13.6. The second kappa shape index (κ2) is 13.8. The highest BCUT2D eigenvalue weighted by Gasteiger charge is 2.17. The van der Waals surface area contributed by atoms with Crippen LogP contribution in [0, 0.1) is 0 Å². The predicted molar refractivity (Wildman–Crippen MR) is 227 cm³/mol. The Balaban J connectivity index is 1.10. The first kappa shape index (κ1) is 24.0. The Hall–Kier alpha value is -7.43. The van der Waals surface area contributed by atoms with Crippen LogP contribution < -0.4 is 0 Å². The molecule has 0 bridgehead atoms. The molecule has 4 heteroatoms. The van der Waals surface area contributed by atoms with Crippen molar-refractivity contribution in [2.45, 2.75) is 0 Å². The van der Waals surface area contributed by atoms with Gasteiger partial charge in [-0.1, -0.05) is 188 Å². The molecule has 2 heterocycles. The minimum absolute atomic E-state index is 0.0382. The van der Waals surface area contributed by atoms with Gasteiger partial charge in [-0.25, -0.2) is 15.0 Å². The minimum Gasteiger partial charge on any atom is -0.309 e. The van der Waals surface area contributed by atoms with Crippen molar-refractivity contribution in [2.24, 2.45) is 0 Å². The van der Waals surface area contributed by atoms with Crippen LogP contribution >= 0.6 is 0 Å². The van der Waals surface area contributed by atoms with E-state index in [0.717, 1.165) is 38.9 Å². The van der Waals surface area contributed by atoms with Gasteiger partial charge in [-0.15, -0.1) is 0 Å². The van der Waals surface area contributed by atoms with E-state index in [4.69, 9.17) is 27.3 Å². The van der Waals surface area contributed by atoms with Crippen LogP contribution in [0.25, 0.3) is 95.0 Å². The molecule has 0 N–H and O–H groups in total. The fourth-order valence-corrected chi connectivity index (χ4v) is 7.04. The van der Waals surface area contributed by atoms with E-state index in [1.54, 1.807) is 22.8 Å². The molecular weight excluding hydrogens is 669 g/mol. The molecule has 8 aromatic carbocycles. The van der Waals surface area contributed by atoms with Gasteiger partial charge in [0.15, 0.2) is 17.5 Å². The zero-order chi connectivity index (χ0) is 44.4. The molecule has 0 saturated heterocycles. The largest absolute Gasteiger partial charge is 0.309 e. The topological polar surface area (TPSA) is 43.6 Å². The molecule has 0 amide bonds. The van der Waals surface area contributed by atoms with Crippen molar-refractivity contribution >= 4 is 21.8 Å². The fraction of sp³-hybridized carbons (Fsp3) is 0. The highest BCUT2D eigenvalue weighted by molar-refractivity contribution is 6.13. The summed E-state index contributed by atoms with van der Waals surface area (Å²) in [5.41, 5.74) is 7.66. The molecule has 0 saturated carbocycles. The lowest BCUT2D eigenvalue weighted by atomic mass is 10.0. The van der Waals surface area contributed by atoms with Crippen LogP contribution in [0.15, 0.2) is 206 Å². The number of fused-ring (bicyclic) bond motifs is 3. The summed E-state index contributed by atoms with van der Waals surface area (Å²) in [5, 5.41) is 0.698. The molecule has 4 nitrogen and oxygen atoms in total. The molecule has 258 valence electrons. The molecule has 55 heavy (non-hydrogen) atoms. The van der Waals surface area contributed by atoms with Gasteiger partial charge in [0.2, 0.25) is 0 Å². The fourth-order valence-electron chi connectivity index (χ4n) is 7.04. The van der Waals surface area contributed by atoms with E-state index in [1.165, 1.54) is 0 Å². The third-order valence-corrected chi connectivity index (χ3v) is 9.69. The average Bonchev–Trinajstić information content (AvgIpc) is 3.71. The third-order valence-electron chi connectivity index (χ3n) is 9.69. The molecular formula is C51H34N4. The Bertz CT molecular complexity index is 3440. The number of hydrogen-bond acceptors (Lipinski definition) is 3. The molecule has 0 fully saturated rings. The Morgan fingerprint density at radius 1 is 0.364 bits per heavy atom. The summed E-state index contributed by atoms with van der Waals surface area (Å²) in [5.74, 6) is 1.57. The van der Waals surface area contributed by atoms with E-state index >= 15 is 0 Å². The summed E-state index contributed by atoms with van der Waals surface area (Å²) in [7, 11) is 0. The molecule has 10 aromatic rings. The third kappa shape index (κ3) is 6.06. The van der Waals surface area contributed by atoms with Crippen LogP contribution in [0.5, 0.6) is 0 Å². The molecule has 0 unspecified atom stereocenters. The highest BCUT2D eigenvalue weighted by atomic mass is 15.0. The maximum absolute atomic E-state index is 9.13. The maximum atomic E-state index is 9.13. The smallest absolute Gasteiger partial charge is 0.164 e. The quantitative estimate of drug-likeness (QED) is 0.165. The van der Waals surface area contributed by atoms with Crippen LogP contribution in [0.3, 0.4) is 0 Å². The van der Waals surface area contributed by atoms with E-state index in [9.17, 15) is 0 Å². The van der Waals surface area contributed by atoms with Crippen molar-refractivity contribution in [3.63, 3.8) is 0 Å². The van der Waals surface area contributed by atoms with Gasteiger partial charge in [-0.2, -0.15) is 0 Å². The molecule has 0 aliphatic rings. The van der Waals surface area contributed by atoms with Crippen molar-refractivity contribution < 1.29 is 12.3 Å². The van der Waals surface area contributed by atoms with E-state index in [1.807, 2.05) is 109 Å². The second-order valence-corrected chi connectivity index (χ2v) is 13.0. The van der Waals surface area contributed by atoms with Crippen LogP contribution in [0.2, 0.25) is 0 Å². The van der Waals surface area contributed by atoms with Crippen molar-refractivity contribution in [3.05, 3.63) is 206 Å². The van der Waals surface area contributed by atoms with Gasteiger partial charge in [0, 0.05) is 38.7 Å². The van der Waals surface area contributed by atoms with Gasteiger partial charge in [0.1, 0.15) is 0 Å². The summed E-state index contributed by atoms with van der Waals surface area (Å²) in [6, 6.07) is 44.8. The molecule has 10 rings (SSSR count). The van der Waals surface area contributed by atoms with E-state index in [2.05, 4.69) is 24.3 Å². The molecule has 0 radical (unpaired) electrons. The summed E-state index contributed by atoms with van der Waals surface area (Å²) in [6.07, 6.45) is 0. The summed E-state index contributed by atoms with van der Waals surface area (Å²) in [4.78, 5) is 14.8. The predicted octanol–water partition coefficient (Wildman–Crippen LogP) is 13.0. The zero-order valence-corrected chi connectivity index (χ0v) is 29.2. The lowest BCUT2D eigenvalue weighted by molar-refractivity contribution is 1.07. The first-order valence-corrected chi connectivity index (χ1v) is 17.8. The number of rotatable bonds is 7. The number of para-hydroxylation sites is 2. The van der Waals surface area contributed by atoms with Gasteiger partial charge in [0.25, 0.3) is 0 Å². The summed E-state index contributed by atoms with van der Waals surface area (Å²) in [6.45, 7) is 0. The molecule has 2 aromatic heterocycles. The van der Waals surface area contributed by atoms with Crippen molar-refractivity contribution in [3.8, 4) is 73.2 Å². The number of nitrogens with zero attached hydrogens (tertiary/aromatic N) is 4. The zero-order valence-electron chi connectivity index (χ0n) is 38.2. The number of benzene rings is 8. The lowest BCUT2D eigenvalue weighted by Gasteiger charge is -2.13. The standard InChI is InChI=1S/C51H34N4/c1-4-14-35(15-5-1)36-26-30-40(31-27-36)50-52-49(39-18-8-3-9-19-39)53-51(54-50)41-32-28-37(29-33-41)42-20-12-21-43(34-42)55-47-25-11-10-22-45(47)46-24-13-23-44(48(46)55)38-16-6-2-7-17-38/h1-34H/i2D,6D,7D,10D,11D,16D,17D,22D,25D. The van der Waals surface area contributed by atoms with Gasteiger partial charge >= 0.3 is 0 Å². The highest BCUT2D eigenvalue weighted by Crippen LogP contribution is 2.39. The lowest BCUT2D eigenvalue weighted by Crippen LogP contribution is -2.00. The van der Waals surface area contributed by atoms with Crippen LogP contribution in [-0.4, -0.2) is 19.5 Å². The number of aromatic nitrogens is 4. The number of hydrogen-bond donors (Lipinski definition) is 0. The van der Waals surface area contributed by atoms with E-state index in [-0.39, 0.29) is 34.1 Å². The summed E-state index contributed by atoms with van der Waals surface area (Å²) >= 11 is 0. The molecule has 0 aliphatic carbocycles. The Morgan fingerprint density at radius 2 is 0.855 bits per heavy atom. The minimum atomic E-state index is -0.522. The van der Waals surface area contributed by atoms with Crippen molar-refractivity contribution in [1.29, 1.82) is 0 Å². The van der Waals surface area contributed by atoms with Gasteiger partial charge in [-0.05, 0) is 46.0 Å². The maximum Gasteiger partial charge on any atom is 0.164 e. The van der Waals surface area contributed by atoms with Crippen LogP contribution in [-0.2, 0) is 0 Å². The molecule has 0 aliphatic heterocycles.